The predicted octanol–water partition coefficient (Wildman–Crippen LogP) is 2.22. The number of anilines is 1. The van der Waals surface area contributed by atoms with E-state index in [2.05, 4.69) is 25.7 Å². The van der Waals surface area contributed by atoms with Crippen molar-refractivity contribution in [3.8, 4) is 0 Å². The van der Waals surface area contributed by atoms with Crippen molar-refractivity contribution in [2.75, 3.05) is 18.0 Å². The molecule has 0 aromatic carbocycles. The van der Waals surface area contributed by atoms with Crippen molar-refractivity contribution in [3.05, 3.63) is 23.4 Å². The van der Waals surface area contributed by atoms with E-state index in [1.807, 2.05) is 19.1 Å². The Bertz CT molecular complexity index is 478. The first-order valence-corrected chi connectivity index (χ1v) is 7.31. The van der Waals surface area contributed by atoms with E-state index in [9.17, 15) is 10.2 Å². The molecule has 1 aliphatic rings. The number of nitrogens with zero attached hydrogens (tertiary/aromatic N) is 2. The van der Waals surface area contributed by atoms with E-state index in [4.69, 9.17) is 4.98 Å². The van der Waals surface area contributed by atoms with Gasteiger partial charge in [0.1, 0.15) is 5.82 Å². The monoisotopic (exact) mass is 278 g/mol. The number of rotatable bonds is 2. The minimum Gasteiger partial charge on any atom is -0.392 e. The van der Waals surface area contributed by atoms with Crippen molar-refractivity contribution in [1.29, 1.82) is 0 Å². The molecular weight excluding hydrogens is 252 g/mol. The molecule has 2 N–H and O–H groups in total. The predicted molar refractivity (Wildman–Crippen MR) is 80.9 cm³/mol. The van der Waals surface area contributed by atoms with Crippen LogP contribution in [0, 0.1) is 0 Å². The van der Waals surface area contributed by atoms with Crippen LogP contribution >= 0.6 is 0 Å². The average Bonchev–Trinajstić information content (AvgIpc) is 2.36. The summed E-state index contributed by atoms with van der Waals surface area (Å²) in [4.78, 5) is 6.87. The molecule has 2 rings (SSSR count). The van der Waals surface area contributed by atoms with Gasteiger partial charge in [-0.3, -0.25) is 0 Å². The molecule has 1 aromatic heterocycles. The van der Waals surface area contributed by atoms with E-state index in [-0.39, 0.29) is 12.0 Å². The molecule has 0 bridgehead atoms. The zero-order chi connectivity index (χ0) is 15.0. The van der Waals surface area contributed by atoms with Crippen LogP contribution in [0.1, 0.15) is 51.8 Å². The lowest BCUT2D eigenvalue weighted by Crippen LogP contribution is -2.46. The van der Waals surface area contributed by atoms with Gasteiger partial charge in [-0.15, -0.1) is 0 Å². The van der Waals surface area contributed by atoms with E-state index in [0.717, 1.165) is 36.5 Å². The molecule has 1 saturated heterocycles. The Hall–Kier alpha value is -1.13. The summed E-state index contributed by atoms with van der Waals surface area (Å²) in [5.74, 6) is 0.862. The highest BCUT2D eigenvalue weighted by Crippen LogP contribution is 2.28. The van der Waals surface area contributed by atoms with Gasteiger partial charge in [0, 0.05) is 24.2 Å². The molecule has 0 saturated carbocycles. The Labute approximate surface area is 121 Å². The van der Waals surface area contributed by atoms with Gasteiger partial charge in [0.25, 0.3) is 0 Å². The molecule has 112 valence electrons. The Morgan fingerprint density at radius 3 is 2.60 bits per heavy atom. The summed E-state index contributed by atoms with van der Waals surface area (Å²) < 4.78 is 0. The standard InChI is InChI=1S/C16H26N2O2/c1-15(2,3)13-8-12(10-19)9-14(17-13)18-7-5-6-16(4,20)11-18/h8-9,19-20H,5-7,10-11H2,1-4H3. The number of hydrogen-bond donors (Lipinski definition) is 2. The summed E-state index contributed by atoms with van der Waals surface area (Å²) in [6.45, 7) is 9.74. The fraction of sp³-hybridized carbons (Fsp3) is 0.688. The van der Waals surface area contributed by atoms with Crippen molar-refractivity contribution < 1.29 is 10.2 Å². The van der Waals surface area contributed by atoms with E-state index in [1.54, 1.807) is 0 Å². The lowest BCUT2D eigenvalue weighted by molar-refractivity contribution is 0.0447. The van der Waals surface area contributed by atoms with Crippen molar-refractivity contribution in [3.63, 3.8) is 0 Å². The van der Waals surface area contributed by atoms with Crippen LogP contribution in [-0.4, -0.2) is 33.9 Å². The second kappa shape index (κ2) is 5.34. The van der Waals surface area contributed by atoms with Gasteiger partial charge < -0.3 is 15.1 Å². The Balaban J connectivity index is 2.36. The smallest absolute Gasteiger partial charge is 0.129 e. The Morgan fingerprint density at radius 1 is 1.35 bits per heavy atom. The normalized spacial score (nSPS) is 24.0. The maximum absolute atomic E-state index is 10.2. The van der Waals surface area contributed by atoms with Gasteiger partial charge in [-0.05, 0) is 37.5 Å². The van der Waals surface area contributed by atoms with Crippen LogP contribution in [0.2, 0.25) is 0 Å². The summed E-state index contributed by atoms with van der Waals surface area (Å²) >= 11 is 0. The molecule has 1 unspecified atom stereocenters. The van der Waals surface area contributed by atoms with Crippen LogP contribution in [0.15, 0.2) is 12.1 Å². The topological polar surface area (TPSA) is 56.6 Å². The van der Waals surface area contributed by atoms with Crippen molar-refractivity contribution in [1.82, 2.24) is 4.98 Å². The maximum atomic E-state index is 10.2. The SMILES string of the molecule is CC1(O)CCCN(c2cc(CO)cc(C(C)(C)C)n2)C1. The van der Waals surface area contributed by atoms with Gasteiger partial charge in [-0.25, -0.2) is 4.98 Å². The Morgan fingerprint density at radius 2 is 2.05 bits per heavy atom. The molecule has 0 amide bonds. The number of aromatic nitrogens is 1. The van der Waals surface area contributed by atoms with Gasteiger partial charge in [-0.1, -0.05) is 20.8 Å². The second-order valence-corrected chi connectivity index (χ2v) is 7.15. The largest absolute Gasteiger partial charge is 0.392 e. The summed E-state index contributed by atoms with van der Waals surface area (Å²) in [5, 5.41) is 19.7. The molecule has 0 radical (unpaired) electrons. The number of aliphatic hydroxyl groups excluding tert-OH is 1. The van der Waals surface area contributed by atoms with E-state index in [0.29, 0.717) is 6.54 Å². The molecule has 4 nitrogen and oxygen atoms in total. The van der Waals surface area contributed by atoms with Gasteiger partial charge in [0.05, 0.1) is 12.2 Å². The molecule has 1 fully saturated rings. The fourth-order valence-electron chi connectivity index (χ4n) is 2.62. The zero-order valence-corrected chi connectivity index (χ0v) is 13.0. The van der Waals surface area contributed by atoms with Crippen LogP contribution in [0.25, 0.3) is 0 Å². The average molecular weight is 278 g/mol. The number of hydrogen-bond acceptors (Lipinski definition) is 4. The minimum atomic E-state index is -0.656. The van der Waals surface area contributed by atoms with E-state index in [1.165, 1.54) is 0 Å². The van der Waals surface area contributed by atoms with Crippen LogP contribution in [0.4, 0.5) is 5.82 Å². The molecule has 1 aromatic rings. The zero-order valence-electron chi connectivity index (χ0n) is 13.0. The maximum Gasteiger partial charge on any atom is 0.129 e. The minimum absolute atomic E-state index is 0.0167. The third-order valence-corrected chi connectivity index (χ3v) is 3.82. The second-order valence-electron chi connectivity index (χ2n) is 7.15. The van der Waals surface area contributed by atoms with Crippen molar-refractivity contribution in [2.24, 2.45) is 0 Å². The quantitative estimate of drug-likeness (QED) is 0.871. The highest BCUT2D eigenvalue weighted by molar-refractivity contribution is 5.44. The molecule has 4 heteroatoms. The summed E-state index contributed by atoms with van der Waals surface area (Å²) in [6.07, 6.45) is 1.79. The number of β-amino-alcohol motifs (C(OH)–C–C–N with tert-alkyl or cyclic N) is 1. The van der Waals surface area contributed by atoms with Gasteiger partial charge in [-0.2, -0.15) is 0 Å². The van der Waals surface area contributed by atoms with Crippen LogP contribution in [0.5, 0.6) is 0 Å². The van der Waals surface area contributed by atoms with Crippen molar-refractivity contribution in [2.45, 2.75) is 58.2 Å². The molecule has 2 heterocycles. The van der Waals surface area contributed by atoms with Crippen LogP contribution < -0.4 is 4.90 Å². The molecule has 20 heavy (non-hydrogen) atoms. The highest BCUT2D eigenvalue weighted by Gasteiger charge is 2.29. The van der Waals surface area contributed by atoms with Crippen LogP contribution in [-0.2, 0) is 12.0 Å². The summed E-state index contributed by atoms with van der Waals surface area (Å²) in [6, 6.07) is 3.89. The molecule has 1 aliphatic heterocycles. The summed E-state index contributed by atoms with van der Waals surface area (Å²) in [7, 11) is 0. The highest BCUT2D eigenvalue weighted by atomic mass is 16.3. The third kappa shape index (κ3) is 3.49. The van der Waals surface area contributed by atoms with Crippen LogP contribution in [0.3, 0.4) is 0 Å². The van der Waals surface area contributed by atoms with Gasteiger partial charge in [0.2, 0.25) is 0 Å². The van der Waals surface area contributed by atoms with Gasteiger partial charge in [0.15, 0.2) is 0 Å². The van der Waals surface area contributed by atoms with Gasteiger partial charge >= 0.3 is 0 Å². The van der Waals surface area contributed by atoms with Crippen molar-refractivity contribution >= 4 is 5.82 Å². The first kappa shape index (κ1) is 15.3. The molecule has 0 aliphatic carbocycles. The van der Waals surface area contributed by atoms with E-state index < -0.39 is 5.60 Å². The van der Waals surface area contributed by atoms with E-state index >= 15 is 0 Å². The third-order valence-electron chi connectivity index (χ3n) is 3.82. The number of aliphatic hydroxyl groups is 2. The fourth-order valence-corrected chi connectivity index (χ4v) is 2.62. The first-order valence-electron chi connectivity index (χ1n) is 7.31. The first-order chi connectivity index (χ1) is 9.21. The lowest BCUT2D eigenvalue weighted by Gasteiger charge is -2.38. The number of piperidine rings is 1. The summed E-state index contributed by atoms with van der Waals surface area (Å²) in [5.41, 5.74) is 1.14. The number of pyridine rings is 1. The Kier molecular flexibility index (Phi) is 4.07. The molecular formula is C16H26N2O2. The molecule has 1 atom stereocenters. The lowest BCUT2D eigenvalue weighted by atomic mass is 9.90. The molecule has 0 spiro atoms.